The Labute approximate surface area is 86.1 Å². The lowest BCUT2D eigenvalue weighted by Gasteiger charge is -2.27. The topological polar surface area (TPSA) is 0 Å². The van der Waals surface area contributed by atoms with E-state index in [1.807, 2.05) is 13.8 Å². The Morgan fingerprint density at radius 2 is 1.23 bits per heavy atom. The predicted octanol–water partition coefficient (Wildman–Crippen LogP) is 5.13. The van der Waals surface area contributed by atoms with Gasteiger partial charge < -0.3 is 0 Å². The summed E-state index contributed by atoms with van der Waals surface area (Å²) in [6.07, 6.45) is 2.75. The molecule has 0 aliphatic rings. The van der Waals surface area contributed by atoms with Crippen LogP contribution in [0.5, 0.6) is 0 Å². The highest BCUT2D eigenvalue weighted by Crippen LogP contribution is 2.29. The molecule has 0 rings (SSSR count). The Bertz CT molecular complexity index is 95.1. The monoisotopic (exact) mass is 186 g/mol. The third-order valence-electron chi connectivity index (χ3n) is 2.66. The van der Waals surface area contributed by atoms with E-state index in [1.165, 1.54) is 12.8 Å². The molecule has 0 bridgehead atoms. The molecule has 0 nitrogen and oxygen atoms in total. The van der Waals surface area contributed by atoms with E-state index in [0.717, 1.165) is 11.8 Å². The lowest BCUT2D eigenvalue weighted by atomic mass is 9.78. The normalized spacial score (nSPS) is 13.6. The SMILES string of the molecule is CC.CC(C)CCC(C)C(C)(C)C. The van der Waals surface area contributed by atoms with E-state index in [4.69, 9.17) is 0 Å². The second-order valence-corrected chi connectivity index (χ2v) is 5.24. The molecule has 1 atom stereocenters. The highest BCUT2D eigenvalue weighted by atomic mass is 14.2. The van der Waals surface area contributed by atoms with Crippen molar-refractivity contribution in [3.05, 3.63) is 0 Å². The number of hydrogen-bond donors (Lipinski definition) is 0. The van der Waals surface area contributed by atoms with Crippen molar-refractivity contribution in [2.45, 2.75) is 68.2 Å². The summed E-state index contributed by atoms with van der Waals surface area (Å²) in [7, 11) is 0. The smallest absolute Gasteiger partial charge is 0.0357 e. The maximum atomic E-state index is 2.36. The van der Waals surface area contributed by atoms with Crippen molar-refractivity contribution < 1.29 is 0 Å². The average molecular weight is 186 g/mol. The van der Waals surface area contributed by atoms with Crippen LogP contribution < -0.4 is 0 Å². The Morgan fingerprint density at radius 1 is 0.846 bits per heavy atom. The van der Waals surface area contributed by atoms with Gasteiger partial charge >= 0.3 is 0 Å². The van der Waals surface area contributed by atoms with Gasteiger partial charge in [-0.1, -0.05) is 61.8 Å². The van der Waals surface area contributed by atoms with Crippen LogP contribution in [0.4, 0.5) is 0 Å². The molecule has 13 heavy (non-hydrogen) atoms. The van der Waals surface area contributed by atoms with Crippen LogP contribution in [0, 0.1) is 17.3 Å². The molecule has 0 aromatic rings. The van der Waals surface area contributed by atoms with Gasteiger partial charge in [0.1, 0.15) is 0 Å². The van der Waals surface area contributed by atoms with Crippen LogP contribution in [0.3, 0.4) is 0 Å². The van der Waals surface area contributed by atoms with Crippen molar-refractivity contribution in [1.82, 2.24) is 0 Å². The molecular weight excluding hydrogens is 156 g/mol. The maximum Gasteiger partial charge on any atom is -0.0357 e. The van der Waals surface area contributed by atoms with Gasteiger partial charge in [0.05, 0.1) is 0 Å². The fourth-order valence-electron chi connectivity index (χ4n) is 1.02. The number of rotatable bonds is 3. The third-order valence-corrected chi connectivity index (χ3v) is 2.66. The second-order valence-electron chi connectivity index (χ2n) is 5.24. The van der Waals surface area contributed by atoms with Crippen LogP contribution >= 0.6 is 0 Å². The highest BCUT2D eigenvalue weighted by Gasteiger charge is 2.19. The fourth-order valence-corrected chi connectivity index (χ4v) is 1.02. The van der Waals surface area contributed by atoms with E-state index in [-0.39, 0.29) is 0 Å². The highest BCUT2D eigenvalue weighted by molar-refractivity contribution is 4.70. The first-order chi connectivity index (χ1) is 5.84. The van der Waals surface area contributed by atoms with Gasteiger partial charge in [-0.25, -0.2) is 0 Å². The van der Waals surface area contributed by atoms with Crippen molar-refractivity contribution in [2.24, 2.45) is 17.3 Å². The zero-order valence-electron chi connectivity index (χ0n) is 11.1. The van der Waals surface area contributed by atoms with Crippen molar-refractivity contribution in [1.29, 1.82) is 0 Å². The summed E-state index contributed by atoms with van der Waals surface area (Å²) < 4.78 is 0. The average Bonchev–Trinajstić information content (AvgIpc) is 2.02. The van der Waals surface area contributed by atoms with E-state index in [9.17, 15) is 0 Å². The molecule has 0 spiro atoms. The standard InChI is InChI=1S/C11H24.C2H6/c1-9(2)7-8-10(3)11(4,5)6;1-2/h9-10H,7-8H2,1-6H3;1-2H3. The molecule has 0 saturated carbocycles. The summed E-state index contributed by atoms with van der Waals surface area (Å²) >= 11 is 0. The maximum absolute atomic E-state index is 2.36. The lowest BCUT2D eigenvalue weighted by molar-refractivity contribution is 0.234. The molecule has 0 aliphatic heterocycles. The van der Waals surface area contributed by atoms with Gasteiger partial charge in [0, 0.05) is 0 Å². The van der Waals surface area contributed by atoms with E-state index in [0.29, 0.717) is 5.41 Å². The summed E-state index contributed by atoms with van der Waals surface area (Å²) in [6.45, 7) is 18.0. The minimum atomic E-state index is 0.495. The molecule has 0 heteroatoms. The Morgan fingerprint density at radius 3 is 1.46 bits per heavy atom. The Hall–Kier alpha value is 0. The van der Waals surface area contributed by atoms with Gasteiger partial charge in [-0.2, -0.15) is 0 Å². The van der Waals surface area contributed by atoms with Gasteiger partial charge in [0.2, 0.25) is 0 Å². The molecule has 0 fully saturated rings. The summed E-state index contributed by atoms with van der Waals surface area (Å²) in [5, 5.41) is 0. The van der Waals surface area contributed by atoms with Crippen LogP contribution in [0.15, 0.2) is 0 Å². The lowest BCUT2D eigenvalue weighted by Crippen LogP contribution is -2.17. The van der Waals surface area contributed by atoms with Crippen LogP contribution in [-0.4, -0.2) is 0 Å². The quantitative estimate of drug-likeness (QED) is 0.573. The molecule has 0 saturated heterocycles. The third kappa shape index (κ3) is 9.92. The minimum absolute atomic E-state index is 0.495. The van der Waals surface area contributed by atoms with Crippen LogP contribution in [-0.2, 0) is 0 Å². The van der Waals surface area contributed by atoms with E-state index in [2.05, 4.69) is 41.5 Å². The van der Waals surface area contributed by atoms with Crippen LogP contribution in [0.2, 0.25) is 0 Å². The van der Waals surface area contributed by atoms with E-state index < -0.39 is 0 Å². The minimum Gasteiger partial charge on any atom is -0.0683 e. The second kappa shape index (κ2) is 7.41. The molecule has 0 aliphatic carbocycles. The number of hydrogen-bond acceptors (Lipinski definition) is 0. The summed E-state index contributed by atoms with van der Waals surface area (Å²) in [4.78, 5) is 0. The van der Waals surface area contributed by atoms with Gasteiger partial charge in [-0.05, 0) is 23.7 Å². The van der Waals surface area contributed by atoms with Gasteiger partial charge in [-0.3, -0.25) is 0 Å². The molecule has 0 aromatic carbocycles. The molecule has 0 radical (unpaired) electrons. The molecule has 0 heterocycles. The summed E-state index contributed by atoms with van der Waals surface area (Å²) in [5.74, 6) is 1.71. The van der Waals surface area contributed by atoms with Crippen molar-refractivity contribution in [2.75, 3.05) is 0 Å². The molecule has 0 N–H and O–H groups in total. The van der Waals surface area contributed by atoms with Crippen LogP contribution in [0.1, 0.15) is 68.2 Å². The van der Waals surface area contributed by atoms with E-state index in [1.54, 1.807) is 0 Å². The van der Waals surface area contributed by atoms with Crippen molar-refractivity contribution >= 4 is 0 Å². The summed E-state index contributed by atoms with van der Waals surface area (Å²) in [5.41, 5.74) is 0.495. The first-order valence-corrected chi connectivity index (χ1v) is 5.84. The van der Waals surface area contributed by atoms with Crippen molar-refractivity contribution in [3.63, 3.8) is 0 Å². The predicted molar refractivity (Wildman–Crippen MR) is 64.0 cm³/mol. The summed E-state index contributed by atoms with van der Waals surface area (Å²) in [6, 6.07) is 0. The largest absolute Gasteiger partial charge is 0.0683 e. The van der Waals surface area contributed by atoms with Crippen LogP contribution in [0.25, 0.3) is 0 Å². The van der Waals surface area contributed by atoms with Gasteiger partial charge in [0.15, 0.2) is 0 Å². The zero-order chi connectivity index (χ0) is 11.1. The molecule has 1 unspecified atom stereocenters. The Balaban J connectivity index is 0. The molecule has 0 amide bonds. The Kier molecular flexibility index (Phi) is 8.82. The zero-order valence-corrected chi connectivity index (χ0v) is 11.1. The molecule has 82 valence electrons. The van der Waals surface area contributed by atoms with E-state index >= 15 is 0 Å². The fraction of sp³-hybridized carbons (Fsp3) is 1.00. The first-order valence-electron chi connectivity index (χ1n) is 5.84. The van der Waals surface area contributed by atoms with Crippen molar-refractivity contribution in [3.8, 4) is 0 Å². The van der Waals surface area contributed by atoms with Gasteiger partial charge in [-0.15, -0.1) is 0 Å². The van der Waals surface area contributed by atoms with Gasteiger partial charge in [0.25, 0.3) is 0 Å². The molecular formula is C13H30. The first kappa shape index (κ1) is 15.5. The molecule has 0 aromatic heterocycles.